The summed E-state index contributed by atoms with van der Waals surface area (Å²) in [6.45, 7) is 2.62. The van der Waals surface area contributed by atoms with Gasteiger partial charge in [0.05, 0.1) is 11.4 Å². The highest BCUT2D eigenvalue weighted by molar-refractivity contribution is 5.10. The maximum absolute atomic E-state index is 5.27. The van der Waals surface area contributed by atoms with E-state index in [1.165, 1.54) is 0 Å². The fourth-order valence-electron chi connectivity index (χ4n) is 1.19. The van der Waals surface area contributed by atoms with Crippen LogP contribution in [-0.4, -0.2) is 21.8 Å². The summed E-state index contributed by atoms with van der Waals surface area (Å²) in [5.41, 5.74) is 1.81. The molecule has 0 bridgehead atoms. The summed E-state index contributed by atoms with van der Waals surface area (Å²) in [6, 6.07) is 2.41. The van der Waals surface area contributed by atoms with Gasteiger partial charge in [-0.25, -0.2) is 0 Å². The molecule has 0 atom stereocenters. The number of oxazole rings is 1. The van der Waals surface area contributed by atoms with Gasteiger partial charge in [-0.2, -0.15) is 14.8 Å². The molecule has 0 fully saturated rings. The SMILES string of the molecule is CNCc1coc(-n2ccc(C)n2)n1. The largest absolute Gasteiger partial charge is 0.430 e. The predicted molar refractivity (Wildman–Crippen MR) is 51.1 cm³/mol. The molecule has 14 heavy (non-hydrogen) atoms. The average Bonchev–Trinajstić information content (AvgIpc) is 2.74. The van der Waals surface area contributed by atoms with Gasteiger partial charge < -0.3 is 9.73 Å². The molecule has 1 N–H and O–H groups in total. The first-order valence-electron chi connectivity index (χ1n) is 4.41. The van der Waals surface area contributed by atoms with E-state index in [1.54, 1.807) is 10.9 Å². The fourth-order valence-corrected chi connectivity index (χ4v) is 1.19. The molecule has 2 heterocycles. The van der Waals surface area contributed by atoms with E-state index >= 15 is 0 Å². The highest BCUT2D eigenvalue weighted by Crippen LogP contribution is 2.07. The highest BCUT2D eigenvalue weighted by Gasteiger charge is 2.05. The number of hydrogen-bond acceptors (Lipinski definition) is 4. The Kier molecular flexibility index (Phi) is 2.32. The molecule has 2 aromatic heterocycles. The smallest absolute Gasteiger partial charge is 0.322 e. The molecule has 2 rings (SSSR count). The van der Waals surface area contributed by atoms with Crippen LogP contribution in [0.1, 0.15) is 11.4 Å². The molecule has 0 aliphatic rings. The van der Waals surface area contributed by atoms with Gasteiger partial charge in [-0.15, -0.1) is 0 Å². The van der Waals surface area contributed by atoms with E-state index in [9.17, 15) is 0 Å². The highest BCUT2D eigenvalue weighted by atomic mass is 16.4. The molecular weight excluding hydrogens is 180 g/mol. The molecule has 0 unspecified atom stereocenters. The third kappa shape index (κ3) is 1.67. The third-order valence-electron chi connectivity index (χ3n) is 1.82. The normalized spacial score (nSPS) is 10.7. The lowest BCUT2D eigenvalue weighted by Crippen LogP contribution is -2.05. The Balaban J connectivity index is 2.24. The molecule has 2 aromatic rings. The lowest BCUT2D eigenvalue weighted by atomic mass is 10.5. The van der Waals surface area contributed by atoms with Crippen LogP contribution in [-0.2, 0) is 6.54 Å². The van der Waals surface area contributed by atoms with E-state index in [4.69, 9.17) is 4.42 Å². The molecule has 0 amide bonds. The molecular formula is C9H12N4O. The maximum Gasteiger partial charge on any atom is 0.322 e. The van der Waals surface area contributed by atoms with Crippen molar-refractivity contribution in [2.45, 2.75) is 13.5 Å². The van der Waals surface area contributed by atoms with Gasteiger partial charge in [-0.05, 0) is 20.0 Å². The number of aryl methyl sites for hydroxylation is 1. The van der Waals surface area contributed by atoms with Crippen molar-refractivity contribution in [3.8, 4) is 6.01 Å². The first-order valence-corrected chi connectivity index (χ1v) is 4.41. The topological polar surface area (TPSA) is 55.9 Å². The van der Waals surface area contributed by atoms with Crippen molar-refractivity contribution in [2.24, 2.45) is 0 Å². The van der Waals surface area contributed by atoms with Gasteiger partial charge in [0.1, 0.15) is 6.26 Å². The summed E-state index contributed by atoms with van der Waals surface area (Å²) in [5.74, 6) is 0. The minimum absolute atomic E-state index is 0.503. The van der Waals surface area contributed by atoms with Crippen LogP contribution in [0.15, 0.2) is 22.9 Å². The molecule has 5 nitrogen and oxygen atoms in total. The van der Waals surface area contributed by atoms with Crippen molar-refractivity contribution in [1.82, 2.24) is 20.1 Å². The Morgan fingerprint density at radius 2 is 2.43 bits per heavy atom. The minimum atomic E-state index is 0.503. The Hall–Kier alpha value is -1.62. The molecule has 0 saturated heterocycles. The molecule has 0 aliphatic heterocycles. The van der Waals surface area contributed by atoms with Gasteiger partial charge in [-0.1, -0.05) is 0 Å². The number of rotatable bonds is 3. The van der Waals surface area contributed by atoms with Crippen molar-refractivity contribution in [3.05, 3.63) is 29.9 Å². The van der Waals surface area contributed by atoms with Crippen LogP contribution >= 0.6 is 0 Å². The summed E-state index contributed by atoms with van der Waals surface area (Å²) >= 11 is 0. The van der Waals surface area contributed by atoms with Crippen LogP contribution in [0.4, 0.5) is 0 Å². The summed E-state index contributed by atoms with van der Waals surface area (Å²) in [7, 11) is 1.87. The van der Waals surface area contributed by atoms with Gasteiger partial charge in [0.25, 0.3) is 0 Å². The van der Waals surface area contributed by atoms with Gasteiger partial charge in [-0.3, -0.25) is 0 Å². The number of aromatic nitrogens is 3. The van der Waals surface area contributed by atoms with Crippen molar-refractivity contribution < 1.29 is 4.42 Å². The lowest BCUT2D eigenvalue weighted by Gasteiger charge is -1.91. The minimum Gasteiger partial charge on any atom is -0.430 e. The Bertz CT molecular complexity index is 418. The molecule has 0 saturated carbocycles. The Labute approximate surface area is 81.8 Å². The van der Waals surface area contributed by atoms with Crippen LogP contribution in [0.2, 0.25) is 0 Å². The standard InChI is InChI=1S/C9H12N4O/c1-7-3-4-13(12-7)9-11-8(5-10-2)6-14-9/h3-4,6,10H,5H2,1-2H3. The van der Waals surface area contributed by atoms with Crippen LogP contribution in [0.3, 0.4) is 0 Å². The van der Waals surface area contributed by atoms with E-state index in [0.717, 1.165) is 11.4 Å². The second-order valence-electron chi connectivity index (χ2n) is 3.05. The monoisotopic (exact) mass is 192 g/mol. The molecule has 5 heteroatoms. The number of nitrogens with zero attached hydrogens (tertiary/aromatic N) is 3. The zero-order chi connectivity index (χ0) is 9.97. The lowest BCUT2D eigenvalue weighted by molar-refractivity contribution is 0.508. The van der Waals surface area contributed by atoms with Gasteiger partial charge in [0, 0.05) is 12.7 Å². The summed E-state index contributed by atoms with van der Waals surface area (Å²) < 4.78 is 6.89. The van der Waals surface area contributed by atoms with E-state index in [0.29, 0.717) is 12.6 Å². The van der Waals surface area contributed by atoms with Crippen molar-refractivity contribution in [2.75, 3.05) is 7.05 Å². The third-order valence-corrected chi connectivity index (χ3v) is 1.82. The molecule has 0 radical (unpaired) electrons. The van der Waals surface area contributed by atoms with Gasteiger partial charge in [0.15, 0.2) is 0 Å². The zero-order valence-corrected chi connectivity index (χ0v) is 8.19. The fraction of sp³-hybridized carbons (Fsp3) is 0.333. The summed E-state index contributed by atoms with van der Waals surface area (Å²) in [6.07, 6.45) is 3.45. The number of hydrogen-bond donors (Lipinski definition) is 1. The van der Waals surface area contributed by atoms with Crippen LogP contribution in [0, 0.1) is 6.92 Å². The zero-order valence-electron chi connectivity index (χ0n) is 8.19. The first-order chi connectivity index (χ1) is 6.79. The van der Waals surface area contributed by atoms with Gasteiger partial charge >= 0.3 is 6.01 Å². The van der Waals surface area contributed by atoms with Crippen molar-refractivity contribution in [3.63, 3.8) is 0 Å². The van der Waals surface area contributed by atoms with E-state index in [-0.39, 0.29) is 0 Å². The van der Waals surface area contributed by atoms with Crippen molar-refractivity contribution >= 4 is 0 Å². The van der Waals surface area contributed by atoms with Crippen LogP contribution in [0.25, 0.3) is 6.01 Å². The average molecular weight is 192 g/mol. The first kappa shape index (κ1) is 8.96. The Morgan fingerprint density at radius 3 is 3.07 bits per heavy atom. The van der Waals surface area contributed by atoms with E-state index in [2.05, 4.69) is 15.4 Å². The quantitative estimate of drug-likeness (QED) is 0.784. The maximum atomic E-state index is 5.27. The van der Waals surface area contributed by atoms with Gasteiger partial charge in [0.2, 0.25) is 0 Å². The van der Waals surface area contributed by atoms with Crippen molar-refractivity contribution in [1.29, 1.82) is 0 Å². The van der Waals surface area contributed by atoms with Crippen LogP contribution < -0.4 is 5.32 Å². The molecule has 0 spiro atoms. The second-order valence-corrected chi connectivity index (χ2v) is 3.05. The molecule has 0 aromatic carbocycles. The predicted octanol–water partition coefficient (Wildman–Crippen LogP) is 0.888. The van der Waals surface area contributed by atoms with Crippen LogP contribution in [0.5, 0.6) is 0 Å². The van der Waals surface area contributed by atoms with E-state index < -0.39 is 0 Å². The number of nitrogens with one attached hydrogen (secondary N) is 1. The summed E-state index contributed by atoms with van der Waals surface area (Å²) in [4.78, 5) is 4.25. The molecule has 74 valence electrons. The molecule has 0 aliphatic carbocycles. The summed E-state index contributed by atoms with van der Waals surface area (Å²) in [5, 5.41) is 7.20. The second kappa shape index (κ2) is 3.63. The Morgan fingerprint density at radius 1 is 1.57 bits per heavy atom. The van der Waals surface area contributed by atoms with E-state index in [1.807, 2.05) is 26.2 Å².